The fraction of sp³-hybridized carbons (Fsp3) is 0.769. The van der Waals surface area contributed by atoms with Crippen molar-refractivity contribution in [3.63, 3.8) is 0 Å². The Kier molecular flexibility index (Phi) is 33.2. The molecule has 0 aromatic rings. The van der Waals surface area contributed by atoms with Gasteiger partial charge in [-0.3, -0.25) is 23.4 Å². The highest BCUT2D eigenvalue weighted by Crippen LogP contribution is 2.43. The predicted molar refractivity (Wildman–Crippen MR) is 203 cm³/mol. The fourth-order valence-corrected chi connectivity index (χ4v) is 5.79. The van der Waals surface area contributed by atoms with E-state index in [4.69, 9.17) is 24.8 Å². The number of carbonyl (C=O) groups excluding carboxylic acids is 2. The maximum atomic E-state index is 12.5. The van der Waals surface area contributed by atoms with Gasteiger partial charge in [-0.25, -0.2) is 4.57 Å². The summed E-state index contributed by atoms with van der Waals surface area (Å²) in [5.74, 6) is -2.43. The molecule has 0 spiro atoms. The second-order valence-corrected chi connectivity index (χ2v) is 14.5. The molecule has 0 aromatic carbocycles. The first kappa shape index (κ1) is 48.7. The zero-order valence-corrected chi connectivity index (χ0v) is 32.6. The molecule has 12 heteroatoms. The summed E-state index contributed by atoms with van der Waals surface area (Å²) >= 11 is 0. The average molecular weight is 744 g/mol. The molecule has 0 aliphatic rings. The topological polar surface area (TPSA) is 172 Å². The summed E-state index contributed by atoms with van der Waals surface area (Å²) in [4.78, 5) is 45.7. The van der Waals surface area contributed by atoms with Crippen molar-refractivity contribution in [2.75, 3.05) is 19.8 Å². The lowest BCUT2D eigenvalue weighted by atomic mass is 10.0. The van der Waals surface area contributed by atoms with Crippen molar-refractivity contribution in [3.8, 4) is 0 Å². The van der Waals surface area contributed by atoms with E-state index < -0.39 is 51.1 Å². The van der Waals surface area contributed by atoms with Gasteiger partial charge in [0.25, 0.3) is 0 Å². The number of hydrogen-bond acceptors (Lipinski definition) is 9. The summed E-state index contributed by atoms with van der Waals surface area (Å²) in [5, 5.41) is 8.86. The molecule has 0 rings (SSSR count). The van der Waals surface area contributed by atoms with E-state index in [-0.39, 0.29) is 19.4 Å². The van der Waals surface area contributed by atoms with Crippen molar-refractivity contribution < 1.29 is 47.5 Å². The molecule has 0 heterocycles. The van der Waals surface area contributed by atoms with Gasteiger partial charge in [0.15, 0.2) is 6.10 Å². The second kappa shape index (κ2) is 34.8. The van der Waals surface area contributed by atoms with E-state index in [1.54, 1.807) is 0 Å². The van der Waals surface area contributed by atoms with Crippen LogP contribution in [0.3, 0.4) is 0 Å². The van der Waals surface area contributed by atoms with Crippen molar-refractivity contribution in [1.29, 1.82) is 0 Å². The number of carboxylic acids is 1. The molecule has 3 atom stereocenters. The van der Waals surface area contributed by atoms with Crippen molar-refractivity contribution in [1.82, 2.24) is 0 Å². The number of carboxylic acid groups (broad SMARTS) is 1. The normalized spacial score (nSPS) is 14.3. The Bertz CT molecular complexity index is 1020. The highest BCUT2D eigenvalue weighted by Gasteiger charge is 2.28. The van der Waals surface area contributed by atoms with Crippen molar-refractivity contribution in [3.05, 3.63) is 36.5 Å². The van der Waals surface area contributed by atoms with Crippen LogP contribution < -0.4 is 5.73 Å². The molecule has 0 saturated heterocycles. The van der Waals surface area contributed by atoms with Gasteiger partial charge in [0, 0.05) is 12.8 Å². The molecule has 0 amide bonds. The Morgan fingerprint density at radius 3 is 1.59 bits per heavy atom. The lowest BCUT2D eigenvalue weighted by Crippen LogP contribution is -2.34. The number of aliphatic carboxylic acids is 1. The smallest absolute Gasteiger partial charge is 0.472 e. The standard InChI is InChI=1S/C39H70NO10P/c1-3-5-7-9-11-13-15-17-18-19-21-23-25-27-29-31-38(42)50-35(33-48-51(45,46)49-34-36(40)39(43)44)32-47-37(41)30-28-26-24-22-20-16-14-12-10-8-6-4-2/h11,13,17-18,21,23,35-36H,3-10,12,14-16,19-20,22,24-34,40H2,1-2H3,(H,43,44)(H,45,46)/b13-11+,18-17+,23-21+/t35-,36+/m1/s1. The van der Waals surface area contributed by atoms with Gasteiger partial charge in [-0.05, 0) is 51.4 Å². The predicted octanol–water partition coefficient (Wildman–Crippen LogP) is 9.67. The minimum absolute atomic E-state index is 0.113. The lowest BCUT2D eigenvalue weighted by molar-refractivity contribution is -0.161. The van der Waals surface area contributed by atoms with Crippen LogP contribution in [0.5, 0.6) is 0 Å². The van der Waals surface area contributed by atoms with E-state index >= 15 is 0 Å². The van der Waals surface area contributed by atoms with Gasteiger partial charge in [0.1, 0.15) is 12.6 Å². The first-order valence-corrected chi connectivity index (χ1v) is 21.0. The summed E-state index contributed by atoms with van der Waals surface area (Å²) in [5.41, 5.74) is 5.31. The minimum atomic E-state index is -4.72. The van der Waals surface area contributed by atoms with Crippen LogP contribution in [0.2, 0.25) is 0 Å². The molecule has 0 aliphatic heterocycles. The Morgan fingerprint density at radius 2 is 1.04 bits per heavy atom. The van der Waals surface area contributed by atoms with E-state index in [9.17, 15) is 23.8 Å². The van der Waals surface area contributed by atoms with Crippen LogP contribution >= 0.6 is 7.82 Å². The molecule has 0 fully saturated rings. The molecule has 4 N–H and O–H groups in total. The number of unbranched alkanes of at least 4 members (excludes halogenated alkanes) is 16. The number of ether oxygens (including phenoxy) is 2. The van der Waals surface area contributed by atoms with Crippen LogP contribution in [0.25, 0.3) is 0 Å². The van der Waals surface area contributed by atoms with Gasteiger partial charge in [-0.15, -0.1) is 0 Å². The van der Waals surface area contributed by atoms with E-state index in [2.05, 4.69) is 54.8 Å². The maximum Gasteiger partial charge on any atom is 0.472 e. The maximum absolute atomic E-state index is 12.5. The molecule has 0 radical (unpaired) electrons. The molecule has 296 valence electrons. The molecule has 51 heavy (non-hydrogen) atoms. The third-order valence-corrected chi connectivity index (χ3v) is 9.09. The van der Waals surface area contributed by atoms with Crippen LogP contribution in [0, 0.1) is 0 Å². The lowest BCUT2D eigenvalue weighted by Gasteiger charge is -2.20. The first-order chi connectivity index (χ1) is 24.6. The highest BCUT2D eigenvalue weighted by atomic mass is 31.2. The largest absolute Gasteiger partial charge is 0.480 e. The third kappa shape index (κ3) is 34.5. The summed E-state index contributed by atoms with van der Waals surface area (Å²) in [6.45, 7) is 2.71. The van der Waals surface area contributed by atoms with E-state index in [1.165, 1.54) is 70.6 Å². The Balaban J connectivity index is 4.51. The van der Waals surface area contributed by atoms with Gasteiger partial charge >= 0.3 is 25.7 Å². The van der Waals surface area contributed by atoms with Crippen LogP contribution in [-0.2, 0) is 37.5 Å². The molecule has 0 bridgehead atoms. The van der Waals surface area contributed by atoms with Crippen LogP contribution in [-0.4, -0.2) is 59.9 Å². The Hall–Kier alpha value is -2.30. The van der Waals surface area contributed by atoms with Crippen molar-refractivity contribution >= 4 is 25.7 Å². The Morgan fingerprint density at radius 1 is 0.608 bits per heavy atom. The van der Waals surface area contributed by atoms with E-state index in [0.717, 1.165) is 51.4 Å². The zero-order chi connectivity index (χ0) is 37.8. The summed E-state index contributed by atoms with van der Waals surface area (Å²) in [7, 11) is -4.72. The summed E-state index contributed by atoms with van der Waals surface area (Å²) in [6, 6.07) is -1.53. The number of hydrogen-bond donors (Lipinski definition) is 3. The van der Waals surface area contributed by atoms with Crippen LogP contribution in [0.15, 0.2) is 36.5 Å². The quantitative estimate of drug-likeness (QED) is 0.0241. The molecule has 0 aliphatic carbocycles. The fourth-order valence-electron chi connectivity index (χ4n) is 5.01. The number of esters is 2. The minimum Gasteiger partial charge on any atom is -0.480 e. The van der Waals surface area contributed by atoms with Gasteiger partial charge in [-0.1, -0.05) is 134 Å². The second-order valence-electron chi connectivity index (χ2n) is 13.1. The first-order valence-electron chi connectivity index (χ1n) is 19.5. The van der Waals surface area contributed by atoms with E-state index in [1.807, 2.05) is 0 Å². The SMILES string of the molecule is CCCCC/C=C/C/C=C/C/C=C/CCCCC(=O)O[C@H](COC(=O)CCCCCCCCCCCCCC)COP(=O)(O)OC[C@H](N)C(=O)O. The summed E-state index contributed by atoms with van der Waals surface area (Å²) in [6.07, 6.45) is 35.0. The zero-order valence-electron chi connectivity index (χ0n) is 31.7. The molecule has 11 nitrogen and oxygen atoms in total. The number of rotatable bonds is 36. The molecule has 0 saturated carbocycles. The number of allylic oxidation sites excluding steroid dienone is 6. The van der Waals surface area contributed by atoms with Crippen LogP contribution in [0.4, 0.5) is 0 Å². The Labute approximate surface area is 308 Å². The molecular weight excluding hydrogens is 673 g/mol. The molecular formula is C39H70NO10P. The molecule has 0 aromatic heterocycles. The van der Waals surface area contributed by atoms with Gasteiger partial charge in [0.2, 0.25) is 0 Å². The number of phosphoric acid groups is 1. The third-order valence-electron chi connectivity index (χ3n) is 8.14. The van der Waals surface area contributed by atoms with Gasteiger partial charge < -0.3 is 25.2 Å². The number of carbonyl (C=O) groups is 3. The van der Waals surface area contributed by atoms with Gasteiger partial charge in [0.05, 0.1) is 13.2 Å². The van der Waals surface area contributed by atoms with Crippen molar-refractivity contribution in [2.45, 2.75) is 174 Å². The summed E-state index contributed by atoms with van der Waals surface area (Å²) < 4.78 is 32.5. The van der Waals surface area contributed by atoms with Crippen LogP contribution in [0.1, 0.15) is 162 Å². The van der Waals surface area contributed by atoms with Crippen molar-refractivity contribution in [2.24, 2.45) is 5.73 Å². The number of nitrogens with two attached hydrogens (primary N) is 1. The molecule has 1 unspecified atom stereocenters. The number of phosphoric ester groups is 1. The van der Waals surface area contributed by atoms with E-state index in [0.29, 0.717) is 12.8 Å². The monoisotopic (exact) mass is 743 g/mol. The highest BCUT2D eigenvalue weighted by molar-refractivity contribution is 7.47. The van der Waals surface area contributed by atoms with Gasteiger partial charge in [-0.2, -0.15) is 0 Å². The average Bonchev–Trinajstić information content (AvgIpc) is 3.10.